The van der Waals surface area contributed by atoms with Crippen molar-refractivity contribution in [2.45, 2.75) is 19.8 Å². The number of piperazine rings is 1. The minimum atomic E-state index is -0.776. The summed E-state index contributed by atoms with van der Waals surface area (Å²) in [7, 11) is 0. The van der Waals surface area contributed by atoms with E-state index in [0.29, 0.717) is 32.1 Å². The van der Waals surface area contributed by atoms with Gasteiger partial charge in [-0.25, -0.2) is 13.6 Å². The van der Waals surface area contributed by atoms with Crippen LogP contribution in [0.2, 0.25) is 0 Å². The first-order valence-corrected chi connectivity index (χ1v) is 8.80. The molecule has 0 spiro atoms. The number of hydrogen-bond acceptors (Lipinski definition) is 2. The van der Waals surface area contributed by atoms with E-state index in [4.69, 9.17) is 0 Å². The van der Waals surface area contributed by atoms with Crippen LogP contribution in [0.15, 0.2) is 42.5 Å². The summed E-state index contributed by atoms with van der Waals surface area (Å²) in [5.41, 5.74) is 2.43. The standard InChI is InChI=1S/C20H23F2N3O/c1-14(2)15-3-6-17(7-4-15)24-9-11-25(12-10-24)20(26)23-19-8-5-16(21)13-18(19)22/h3-8,13-14H,9-12H2,1-2H3,(H,23,26). The Balaban J connectivity index is 1.56. The molecule has 0 atom stereocenters. The summed E-state index contributed by atoms with van der Waals surface area (Å²) in [6.07, 6.45) is 0. The number of carbonyl (C=O) groups excluding carboxylic acids is 1. The maximum atomic E-state index is 13.7. The molecular weight excluding hydrogens is 336 g/mol. The van der Waals surface area contributed by atoms with E-state index in [1.54, 1.807) is 4.90 Å². The molecule has 1 aliphatic heterocycles. The number of rotatable bonds is 3. The van der Waals surface area contributed by atoms with Crippen LogP contribution in [-0.4, -0.2) is 37.1 Å². The first kappa shape index (κ1) is 18.2. The van der Waals surface area contributed by atoms with Crippen LogP contribution in [-0.2, 0) is 0 Å². The highest BCUT2D eigenvalue weighted by atomic mass is 19.1. The van der Waals surface area contributed by atoms with Crippen LogP contribution in [0, 0.1) is 11.6 Å². The van der Waals surface area contributed by atoms with Crippen LogP contribution in [0.3, 0.4) is 0 Å². The molecule has 2 aromatic carbocycles. The van der Waals surface area contributed by atoms with E-state index < -0.39 is 11.6 Å². The number of carbonyl (C=O) groups is 1. The molecule has 0 aliphatic carbocycles. The number of anilines is 2. The Bertz CT molecular complexity index is 769. The first-order valence-electron chi connectivity index (χ1n) is 8.80. The highest BCUT2D eigenvalue weighted by Gasteiger charge is 2.22. The van der Waals surface area contributed by atoms with E-state index in [-0.39, 0.29) is 11.7 Å². The lowest BCUT2D eigenvalue weighted by Gasteiger charge is -2.36. The molecule has 2 amide bonds. The Labute approximate surface area is 152 Å². The number of halogens is 2. The fourth-order valence-corrected chi connectivity index (χ4v) is 3.02. The predicted octanol–water partition coefficient (Wildman–Crippen LogP) is 4.44. The second-order valence-corrected chi connectivity index (χ2v) is 6.77. The van der Waals surface area contributed by atoms with Crippen LogP contribution in [0.1, 0.15) is 25.3 Å². The Hall–Kier alpha value is -2.63. The molecule has 0 bridgehead atoms. The summed E-state index contributed by atoms with van der Waals surface area (Å²) in [6.45, 7) is 6.83. The van der Waals surface area contributed by atoms with Crippen LogP contribution >= 0.6 is 0 Å². The normalized spacial score (nSPS) is 14.7. The average Bonchev–Trinajstić information content (AvgIpc) is 2.64. The van der Waals surface area contributed by atoms with Gasteiger partial charge in [-0.2, -0.15) is 0 Å². The third kappa shape index (κ3) is 4.12. The van der Waals surface area contributed by atoms with Crippen molar-refractivity contribution in [3.63, 3.8) is 0 Å². The molecule has 1 heterocycles. The summed E-state index contributed by atoms with van der Waals surface area (Å²) in [5, 5.41) is 2.51. The number of nitrogens with zero attached hydrogens (tertiary/aromatic N) is 2. The van der Waals surface area contributed by atoms with Crippen molar-refractivity contribution < 1.29 is 13.6 Å². The molecule has 1 N–H and O–H groups in total. The third-order valence-electron chi connectivity index (χ3n) is 4.66. The Kier molecular flexibility index (Phi) is 5.40. The lowest BCUT2D eigenvalue weighted by atomic mass is 10.0. The molecule has 6 heteroatoms. The van der Waals surface area contributed by atoms with Crippen LogP contribution in [0.25, 0.3) is 0 Å². The Morgan fingerprint density at radius 1 is 1.00 bits per heavy atom. The number of nitrogens with one attached hydrogen (secondary N) is 1. The Morgan fingerprint density at radius 3 is 2.23 bits per heavy atom. The van der Waals surface area contributed by atoms with Gasteiger partial charge < -0.3 is 15.1 Å². The van der Waals surface area contributed by atoms with Crippen LogP contribution < -0.4 is 10.2 Å². The SMILES string of the molecule is CC(C)c1ccc(N2CCN(C(=O)Nc3ccc(F)cc3F)CC2)cc1. The van der Waals surface area contributed by atoms with Gasteiger partial charge in [-0.1, -0.05) is 26.0 Å². The zero-order valence-corrected chi connectivity index (χ0v) is 15.0. The highest BCUT2D eigenvalue weighted by molar-refractivity contribution is 5.89. The Morgan fingerprint density at radius 2 is 1.65 bits per heavy atom. The second kappa shape index (κ2) is 7.72. The van der Waals surface area contributed by atoms with Crippen molar-refractivity contribution in [1.82, 2.24) is 4.90 Å². The number of hydrogen-bond donors (Lipinski definition) is 1. The summed E-state index contributed by atoms with van der Waals surface area (Å²) in [5.74, 6) is -0.948. The zero-order chi connectivity index (χ0) is 18.7. The minimum absolute atomic E-state index is 0.0110. The first-order chi connectivity index (χ1) is 12.4. The molecule has 1 aliphatic rings. The molecule has 0 radical (unpaired) electrons. The predicted molar refractivity (Wildman–Crippen MR) is 99.7 cm³/mol. The van der Waals surface area contributed by atoms with Crippen molar-refractivity contribution in [1.29, 1.82) is 0 Å². The second-order valence-electron chi connectivity index (χ2n) is 6.77. The topological polar surface area (TPSA) is 35.6 Å². The van der Waals surface area contributed by atoms with E-state index in [9.17, 15) is 13.6 Å². The molecule has 1 fully saturated rings. The van der Waals surface area contributed by atoms with Gasteiger partial charge in [0.1, 0.15) is 11.6 Å². The van der Waals surface area contributed by atoms with Gasteiger partial charge in [-0.05, 0) is 35.7 Å². The van der Waals surface area contributed by atoms with Crippen molar-refractivity contribution in [3.8, 4) is 0 Å². The van der Waals surface area contributed by atoms with Crippen LogP contribution in [0.4, 0.5) is 25.0 Å². The van der Waals surface area contributed by atoms with Crippen molar-refractivity contribution in [3.05, 3.63) is 59.7 Å². The largest absolute Gasteiger partial charge is 0.368 e. The van der Waals surface area contributed by atoms with Crippen molar-refractivity contribution >= 4 is 17.4 Å². The monoisotopic (exact) mass is 359 g/mol. The maximum Gasteiger partial charge on any atom is 0.322 e. The molecule has 0 unspecified atom stereocenters. The van der Waals surface area contributed by atoms with Crippen molar-refractivity contribution in [2.75, 3.05) is 36.4 Å². The highest BCUT2D eigenvalue weighted by Crippen LogP contribution is 2.22. The van der Waals surface area contributed by atoms with Crippen LogP contribution in [0.5, 0.6) is 0 Å². The molecule has 0 aromatic heterocycles. The lowest BCUT2D eigenvalue weighted by molar-refractivity contribution is 0.208. The van der Waals surface area contributed by atoms with Gasteiger partial charge in [-0.3, -0.25) is 0 Å². The van der Waals surface area contributed by atoms with Gasteiger partial charge in [0.25, 0.3) is 0 Å². The third-order valence-corrected chi connectivity index (χ3v) is 4.66. The average molecular weight is 359 g/mol. The molecule has 0 saturated carbocycles. The zero-order valence-electron chi connectivity index (χ0n) is 15.0. The van der Waals surface area contributed by atoms with E-state index in [1.807, 2.05) is 0 Å². The van der Waals surface area contributed by atoms with Gasteiger partial charge in [0.05, 0.1) is 5.69 Å². The van der Waals surface area contributed by atoms with E-state index >= 15 is 0 Å². The minimum Gasteiger partial charge on any atom is -0.368 e. The molecule has 2 aromatic rings. The molecule has 26 heavy (non-hydrogen) atoms. The molecule has 138 valence electrons. The quantitative estimate of drug-likeness (QED) is 0.879. The van der Waals surface area contributed by atoms with Gasteiger partial charge >= 0.3 is 6.03 Å². The summed E-state index contributed by atoms with van der Waals surface area (Å²) >= 11 is 0. The van der Waals surface area contributed by atoms with Crippen molar-refractivity contribution in [2.24, 2.45) is 0 Å². The smallest absolute Gasteiger partial charge is 0.322 e. The number of amides is 2. The summed E-state index contributed by atoms with van der Waals surface area (Å²) in [6, 6.07) is 11.2. The molecule has 1 saturated heterocycles. The van der Waals surface area contributed by atoms with E-state index in [0.717, 1.165) is 17.8 Å². The van der Waals surface area contributed by atoms with Gasteiger partial charge in [0.15, 0.2) is 0 Å². The van der Waals surface area contributed by atoms with E-state index in [2.05, 4.69) is 48.3 Å². The van der Waals surface area contributed by atoms with Gasteiger partial charge in [0.2, 0.25) is 0 Å². The summed E-state index contributed by atoms with van der Waals surface area (Å²) < 4.78 is 26.6. The summed E-state index contributed by atoms with van der Waals surface area (Å²) in [4.78, 5) is 16.2. The molecular formula is C20H23F2N3O. The van der Waals surface area contributed by atoms with Gasteiger partial charge in [-0.15, -0.1) is 0 Å². The van der Waals surface area contributed by atoms with E-state index in [1.165, 1.54) is 11.6 Å². The number of benzene rings is 2. The maximum absolute atomic E-state index is 13.7. The molecule has 3 rings (SSSR count). The van der Waals surface area contributed by atoms with Gasteiger partial charge in [0, 0.05) is 37.9 Å². The lowest BCUT2D eigenvalue weighted by Crippen LogP contribution is -2.50. The fraction of sp³-hybridized carbons (Fsp3) is 0.350. The molecule has 4 nitrogen and oxygen atoms in total. The fourth-order valence-electron chi connectivity index (χ4n) is 3.02. The number of urea groups is 1.